The Morgan fingerprint density at radius 3 is 2.69 bits per heavy atom. The first-order chi connectivity index (χ1) is 15.5. The van der Waals surface area contributed by atoms with Crippen molar-refractivity contribution in [3.05, 3.63) is 65.0 Å². The lowest BCUT2D eigenvalue weighted by molar-refractivity contribution is -0.134. The van der Waals surface area contributed by atoms with Crippen LogP contribution in [0.4, 0.5) is 10.1 Å². The molecule has 2 aliphatic rings. The van der Waals surface area contributed by atoms with E-state index in [1.807, 2.05) is 37.1 Å². The number of hydrazine groups is 1. The van der Waals surface area contributed by atoms with E-state index in [1.54, 1.807) is 23.2 Å². The summed E-state index contributed by atoms with van der Waals surface area (Å²) in [5.74, 6) is -0.132. The Hall–Kier alpha value is -2.89. The van der Waals surface area contributed by atoms with Crippen molar-refractivity contribution in [1.29, 1.82) is 0 Å². The lowest BCUT2D eigenvalue weighted by Gasteiger charge is -2.36. The molecule has 1 saturated carbocycles. The van der Waals surface area contributed by atoms with Gasteiger partial charge in [-0.05, 0) is 68.5 Å². The number of aryl methyl sites for hydroxylation is 1. The van der Waals surface area contributed by atoms with Gasteiger partial charge in [-0.25, -0.2) is 4.39 Å². The smallest absolute Gasteiger partial charge is 0.263 e. The summed E-state index contributed by atoms with van der Waals surface area (Å²) in [7, 11) is 0. The Morgan fingerprint density at radius 1 is 1.19 bits per heavy atom. The average Bonchev–Trinajstić information content (AvgIpc) is 3.43. The number of nitrogens with one attached hydrogen (secondary N) is 1. The molecule has 1 atom stereocenters. The van der Waals surface area contributed by atoms with E-state index in [9.17, 15) is 14.0 Å². The molecule has 0 spiro atoms. The minimum Gasteiger partial charge on any atom is -0.340 e. The molecule has 6 heteroatoms. The van der Waals surface area contributed by atoms with Gasteiger partial charge in [-0.2, -0.15) is 0 Å². The number of halogens is 1. The van der Waals surface area contributed by atoms with E-state index in [0.717, 1.165) is 29.7 Å². The van der Waals surface area contributed by atoms with Crippen LogP contribution in [-0.4, -0.2) is 36.0 Å². The monoisotopic (exact) mass is 437 g/mol. The highest BCUT2D eigenvalue weighted by molar-refractivity contribution is 5.98. The summed E-state index contributed by atoms with van der Waals surface area (Å²) in [5.41, 5.74) is 3.35. The maximum absolute atomic E-state index is 13.8. The Bertz CT molecular complexity index is 987. The summed E-state index contributed by atoms with van der Waals surface area (Å²) in [6, 6.07) is 11.6. The van der Waals surface area contributed by atoms with Gasteiger partial charge in [0.05, 0.1) is 5.69 Å². The molecule has 2 amide bonds. The van der Waals surface area contributed by atoms with E-state index >= 15 is 0 Å². The van der Waals surface area contributed by atoms with Gasteiger partial charge in [-0.15, -0.1) is 0 Å². The minimum absolute atomic E-state index is 0.0995. The number of fused-ring (bicyclic) bond motifs is 1. The third-order valence-electron chi connectivity index (χ3n) is 6.69. The summed E-state index contributed by atoms with van der Waals surface area (Å²) < 4.78 is 13.7. The van der Waals surface area contributed by atoms with Crippen molar-refractivity contribution in [3.8, 4) is 0 Å². The number of anilines is 1. The largest absolute Gasteiger partial charge is 0.340 e. The summed E-state index contributed by atoms with van der Waals surface area (Å²) >= 11 is 0. The third kappa shape index (κ3) is 4.79. The van der Waals surface area contributed by atoms with Crippen LogP contribution in [0.5, 0.6) is 0 Å². The standard InChI is InChI=1S/C26H32FN3O2/c1-3-29(30-14-13-20-17-22(27)11-12-24(20)30)26(32)23(16-19-8-4-5-9-19)28-25(31)21-10-6-7-18(2)15-21/h6-7,10-12,15,17,19,23H,3-5,8-9,13-14,16H2,1-2H3,(H,28,31). The van der Waals surface area contributed by atoms with E-state index in [2.05, 4.69) is 5.32 Å². The second kappa shape index (κ2) is 9.72. The zero-order valence-corrected chi connectivity index (χ0v) is 18.9. The summed E-state index contributed by atoms with van der Waals surface area (Å²) in [6.45, 7) is 5.00. The molecule has 170 valence electrons. The van der Waals surface area contributed by atoms with Gasteiger partial charge in [-0.3, -0.25) is 19.6 Å². The van der Waals surface area contributed by atoms with Crippen molar-refractivity contribution in [1.82, 2.24) is 10.3 Å². The fourth-order valence-corrected chi connectivity index (χ4v) is 5.06. The quantitative estimate of drug-likeness (QED) is 0.687. The van der Waals surface area contributed by atoms with E-state index in [1.165, 1.54) is 18.9 Å². The van der Waals surface area contributed by atoms with Gasteiger partial charge in [0.1, 0.15) is 11.9 Å². The van der Waals surface area contributed by atoms with Gasteiger partial charge in [-0.1, -0.05) is 43.4 Å². The summed E-state index contributed by atoms with van der Waals surface area (Å²) in [4.78, 5) is 26.8. The normalized spacial score (nSPS) is 16.7. The molecule has 1 aliphatic heterocycles. The lowest BCUT2D eigenvalue weighted by atomic mass is 9.97. The molecule has 0 radical (unpaired) electrons. The SMILES string of the molecule is CCN(C(=O)C(CC1CCCC1)NC(=O)c1cccc(C)c1)N1CCc2cc(F)ccc21. The molecule has 0 aromatic heterocycles. The molecule has 2 aromatic carbocycles. The number of amides is 2. The molecule has 32 heavy (non-hydrogen) atoms. The van der Waals surface area contributed by atoms with Gasteiger partial charge in [0.15, 0.2) is 0 Å². The Kier molecular flexibility index (Phi) is 6.77. The molecule has 0 saturated heterocycles. The van der Waals surface area contributed by atoms with E-state index in [0.29, 0.717) is 37.4 Å². The fraction of sp³-hybridized carbons (Fsp3) is 0.462. The van der Waals surface area contributed by atoms with E-state index in [4.69, 9.17) is 0 Å². The fourth-order valence-electron chi connectivity index (χ4n) is 5.06. The molecule has 1 N–H and O–H groups in total. The number of carbonyl (C=O) groups excluding carboxylic acids is 2. The van der Waals surface area contributed by atoms with Crippen LogP contribution >= 0.6 is 0 Å². The van der Waals surface area contributed by atoms with Crippen LogP contribution in [0.25, 0.3) is 0 Å². The highest BCUT2D eigenvalue weighted by Gasteiger charge is 2.34. The molecule has 1 fully saturated rings. The van der Waals surface area contributed by atoms with Crippen molar-refractivity contribution in [2.24, 2.45) is 5.92 Å². The number of rotatable bonds is 7. The maximum atomic E-state index is 13.8. The molecule has 4 rings (SSSR count). The predicted molar refractivity (Wildman–Crippen MR) is 124 cm³/mol. The number of hydrogen-bond donors (Lipinski definition) is 1. The second-order valence-corrected chi connectivity index (χ2v) is 8.98. The van der Waals surface area contributed by atoms with Gasteiger partial charge in [0.2, 0.25) is 0 Å². The van der Waals surface area contributed by atoms with Crippen molar-refractivity contribution in [3.63, 3.8) is 0 Å². The molecule has 1 heterocycles. The third-order valence-corrected chi connectivity index (χ3v) is 6.69. The Labute approximate surface area is 189 Å². The molecule has 0 bridgehead atoms. The Balaban J connectivity index is 1.56. The van der Waals surface area contributed by atoms with Crippen molar-refractivity contribution >= 4 is 17.5 Å². The number of benzene rings is 2. The highest BCUT2D eigenvalue weighted by atomic mass is 19.1. The van der Waals surface area contributed by atoms with Crippen molar-refractivity contribution in [2.45, 2.75) is 58.4 Å². The molecule has 2 aromatic rings. The first-order valence-corrected chi connectivity index (χ1v) is 11.7. The van der Waals surface area contributed by atoms with E-state index in [-0.39, 0.29) is 17.6 Å². The van der Waals surface area contributed by atoms with Gasteiger partial charge >= 0.3 is 0 Å². The van der Waals surface area contributed by atoms with Crippen molar-refractivity contribution in [2.75, 3.05) is 18.1 Å². The van der Waals surface area contributed by atoms with Gasteiger partial charge < -0.3 is 5.32 Å². The topological polar surface area (TPSA) is 52.7 Å². The van der Waals surface area contributed by atoms with Crippen LogP contribution < -0.4 is 10.3 Å². The van der Waals surface area contributed by atoms with E-state index < -0.39 is 6.04 Å². The number of likely N-dealkylation sites (N-methyl/N-ethyl adjacent to an activating group) is 1. The minimum atomic E-state index is -0.587. The highest BCUT2D eigenvalue weighted by Crippen LogP contribution is 2.32. The zero-order chi connectivity index (χ0) is 22.7. The number of carbonyl (C=O) groups is 2. The lowest BCUT2D eigenvalue weighted by Crippen LogP contribution is -2.55. The first-order valence-electron chi connectivity index (χ1n) is 11.7. The van der Waals surface area contributed by atoms with Crippen LogP contribution in [0.2, 0.25) is 0 Å². The molecular weight excluding hydrogens is 405 g/mol. The maximum Gasteiger partial charge on any atom is 0.263 e. The van der Waals surface area contributed by atoms with Gasteiger partial charge in [0.25, 0.3) is 11.8 Å². The van der Waals surface area contributed by atoms with Crippen LogP contribution in [0.15, 0.2) is 42.5 Å². The van der Waals surface area contributed by atoms with Crippen LogP contribution in [0.3, 0.4) is 0 Å². The Morgan fingerprint density at radius 2 is 1.97 bits per heavy atom. The molecule has 5 nitrogen and oxygen atoms in total. The predicted octanol–water partition coefficient (Wildman–Crippen LogP) is 4.64. The molecule has 1 aliphatic carbocycles. The summed E-state index contributed by atoms with van der Waals surface area (Å²) in [5, 5.41) is 6.71. The second-order valence-electron chi connectivity index (χ2n) is 8.98. The first kappa shape index (κ1) is 22.3. The molecule has 1 unspecified atom stereocenters. The molecular formula is C26H32FN3O2. The van der Waals surface area contributed by atoms with Gasteiger partial charge in [0, 0.05) is 18.7 Å². The van der Waals surface area contributed by atoms with Crippen LogP contribution in [-0.2, 0) is 11.2 Å². The zero-order valence-electron chi connectivity index (χ0n) is 18.9. The van der Waals surface area contributed by atoms with Crippen LogP contribution in [0.1, 0.15) is 60.5 Å². The average molecular weight is 438 g/mol. The summed E-state index contributed by atoms with van der Waals surface area (Å²) in [6.07, 6.45) is 5.90. The van der Waals surface area contributed by atoms with Crippen molar-refractivity contribution < 1.29 is 14.0 Å². The number of nitrogens with zero attached hydrogens (tertiary/aromatic N) is 2. The van der Waals surface area contributed by atoms with Crippen LogP contribution in [0, 0.1) is 18.7 Å². The number of hydrogen-bond acceptors (Lipinski definition) is 3.